The maximum Gasteiger partial charge on any atom is 0.270 e. The number of rotatable bonds is 3. The average molecular weight is 329 g/mol. The van der Waals surface area contributed by atoms with E-state index in [2.05, 4.69) is 21.2 Å². The third-order valence-corrected chi connectivity index (χ3v) is 3.02. The van der Waals surface area contributed by atoms with Crippen molar-refractivity contribution in [2.45, 2.75) is 0 Å². The summed E-state index contributed by atoms with van der Waals surface area (Å²) in [6, 6.07) is 7.13. The van der Waals surface area contributed by atoms with Gasteiger partial charge in [0, 0.05) is 22.7 Å². The number of nitro groups is 1. The smallest absolute Gasteiger partial charge is 0.270 e. The van der Waals surface area contributed by atoms with E-state index >= 15 is 0 Å². The molecule has 4 nitrogen and oxygen atoms in total. The standard InChI is InChI=1S/C12H7BrF2N2O2/c13-9-6-8(17(18)19)2-4-11(9)16-12-3-1-7(14)5-10(12)15/h1-6,16H. The minimum Gasteiger partial charge on any atom is -0.352 e. The third kappa shape index (κ3) is 3.05. The van der Waals surface area contributed by atoms with Crippen LogP contribution in [0, 0.1) is 21.7 Å². The van der Waals surface area contributed by atoms with Gasteiger partial charge < -0.3 is 5.32 Å². The molecule has 0 aliphatic carbocycles. The zero-order chi connectivity index (χ0) is 14.0. The quantitative estimate of drug-likeness (QED) is 0.672. The molecule has 0 spiro atoms. The number of nitro benzene ring substituents is 1. The van der Waals surface area contributed by atoms with Gasteiger partial charge in [0.15, 0.2) is 0 Å². The summed E-state index contributed by atoms with van der Waals surface area (Å²) in [6.07, 6.45) is 0. The van der Waals surface area contributed by atoms with Crippen LogP contribution in [0.3, 0.4) is 0 Å². The zero-order valence-electron chi connectivity index (χ0n) is 9.36. The molecule has 2 aromatic rings. The highest BCUT2D eigenvalue weighted by Crippen LogP contribution is 2.30. The van der Waals surface area contributed by atoms with Crippen molar-refractivity contribution in [3.05, 3.63) is 62.6 Å². The zero-order valence-corrected chi connectivity index (χ0v) is 10.9. The molecule has 2 rings (SSSR count). The van der Waals surface area contributed by atoms with Crippen LogP contribution in [0.1, 0.15) is 0 Å². The van der Waals surface area contributed by atoms with E-state index in [1.54, 1.807) is 0 Å². The van der Waals surface area contributed by atoms with Crippen LogP contribution in [0.15, 0.2) is 40.9 Å². The van der Waals surface area contributed by atoms with Crippen molar-refractivity contribution < 1.29 is 13.7 Å². The summed E-state index contributed by atoms with van der Waals surface area (Å²) in [4.78, 5) is 10.0. The molecular weight excluding hydrogens is 322 g/mol. The molecule has 0 aliphatic heterocycles. The lowest BCUT2D eigenvalue weighted by Gasteiger charge is -2.09. The van der Waals surface area contributed by atoms with E-state index in [1.165, 1.54) is 24.3 Å². The normalized spacial score (nSPS) is 10.3. The Morgan fingerprint density at radius 2 is 1.79 bits per heavy atom. The van der Waals surface area contributed by atoms with Gasteiger partial charge in [0.05, 0.1) is 16.3 Å². The number of hydrogen-bond acceptors (Lipinski definition) is 3. The molecule has 2 aromatic carbocycles. The predicted molar refractivity (Wildman–Crippen MR) is 70.4 cm³/mol. The van der Waals surface area contributed by atoms with Crippen molar-refractivity contribution >= 4 is 33.0 Å². The second kappa shape index (κ2) is 5.31. The second-order valence-corrected chi connectivity index (χ2v) is 4.52. The largest absolute Gasteiger partial charge is 0.352 e. The van der Waals surface area contributed by atoms with Gasteiger partial charge in [0.1, 0.15) is 11.6 Å². The summed E-state index contributed by atoms with van der Waals surface area (Å²) in [5.74, 6) is -1.42. The highest BCUT2D eigenvalue weighted by atomic mass is 79.9. The van der Waals surface area contributed by atoms with E-state index in [0.29, 0.717) is 10.2 Å². The minimum absolute atomic E-state index is 0.0796. The van der Waals surface area contributed by atoms with Crippen molar-refractivity contribution in [1.82, 2.24) is 0 Å². The van der Waals surface area contributed by atoms with Crippen LogP contribution in [-0.4, -0.2) is 4.92 Å². The highest BCUT2D eigenvalue weighted by Gasteiger charge is 2.11. The molecule has 19 heavy (non-hydrogen) atoms. The average Bonchev–Trinajstić information content (AvgIpc) is 2.34. The van der Waals surface area contributed by atoms with Gasteiger partial charge in [0.2, 0.25) is 0 Å². The molecular formula is C12H7BrF2N2O2. The lowest BCUT2D eigenvalue weighted by molar-refractivity contribution is -0.384. The van der Waals surface area contributed by atoms with Crippen LogP contribution in [0.25, 0.3) is 0 Å². The Morgan fingerprint density at radius 3 is 2.37 bits per heavy atom. The molecule has 0 saturated carbocycles. The Morgan fingerprint density at radius 1 is 1.11 bits per heavy atom. The molecule has 0 saturated heterocycles. The fraction of sp³-hybridized carbons (Fsp3) is 0. The number of hydrogen-bond donors (Lipinski definition) is 1. The van der Waals surface area contributed by atoms with Crippen molar-refractivity contribution in [2.75, 3.05) is 5.32 Å². The first-order chi connectivity index (χ1) is 8.97. The number of anilines is 2. The van der Waals surface area contributed by atoms with E-state index in [0.717, 1.165) is 12.1 Å². The molecule has 0 amide bonds. The van der Waals surface area contributed by atoms with Gasteiger partial charge in [-0.3, -0.25) is 10.1 Å². The van der Waals surface area contributed by atoms with Gasteiger partial charge in [-0.2, -0.15) is 0 Å². The molecule has 0 aromatic heterocycles. The molecule has 0 aliphatic rings. The van der Waals surface area contributed by atoms with E-state index < -0.39 is 16.6 Å². The Kier molecular flexibility index (Phi) is 3.75. The van der Waals surface area contributed by atoms with Crippen LogP contribution in [0.2, 0.25) is 0 Å². The van der Waals surface area contributed by atoms with E-state index in [-0.39, 0.29) is 11.4 Å². The van der Waals surface area contributed by atoms with Crippen LogP contribution >= 0.6 is 15.9 Å². The molecule has 1 N–H and O–H groups in total. The summed E-state index contributed by atoms with van der Waals surface area (Å²) < 4.78 is 26.6. The van der Waals surface area contributed by atoms with Gasteiger partial charge in [-0.05, 0) is 34.1 Å². The number of nitrogens with zero attached hydrogens (tertiary/aromatic N) is 1. The predicted octanol–water partition coefficient (Wildman–Crippen LogP) is 4.38. The Balaban J connectivity index is 2.31. The van der Waals surface area contributed by atoms with Crippen LogP contribution in [-0.2, 0) is 0 Å². The van der Waals surface area contributed by atoms with E-state index in [9.17, 15) is 18.9 Å². The summed E-state index contributed by atoms with van der Waals surface area (Å²) in [6.45, 7) is 0. The van der Waals surface area contributed by atoms with Crippen molar-refractivity contribution in [3.63, 3.8) is 0 Å². The van der Waals surface area contributed by atoms with Gasteiger partial charge in [-0.25, -0.2) is 8.78 Å². The summed E-state index contributed by atoms with van der Waals surface area (Å²) in [5, 5.41) is 13.3. The Bertz CT molecular complexity index is 650. The molecule has 0 radical (unpaired) electrons. The number of nitrogens with one attached hydrogen (secondary N) is 1. The van der Waals surface area contributed by atoms with Crippen LogP contribution in [0.4, 0.5) is 25.8 Å². The molecule has 0 heterocycles. The number of non-ortho nitro benzene ring substituents is 1. The SMILES string of the molecule is O=[N+]([O-])c1ccc(Nc2ccc(F)cc2F)c(Br)c1. The van der Waals surface area contributed by atoms with Crippen molar-refractivity contribution in [3.8, 4) is 0 Å². The highest BCUT2D eigenvalue weighted by molar-refractivity contribution is 9.10. The number of benzene rings is 2. The first kappa shape index (κ1) is 13.4. The molecule has 0 unspecified atom stereocenters. The molecule has 0 fully saturated rings. The molecule has 98 valence electrons. The topological polar surface area (TPSA) is 55.2 Å². The van der Waals surface area contributed by atoms with Crippen LogP contribution in [0.5, 0.6) is 0 Å². The minimum atomic E-state index is -0.745. The third-order valence-electron chi connectivity index (χ3n) is 2.36. The number of halogens is 3. The first-order valence-electron chi connectivity index (χ1n) is 5.13. The summed E-state index contributed by atoms with van der Waals surface area (Å²) >= 11 is 3.15. The Labute approximate surface area is 115 Å². The maximum absolute atomic E-state index is 13.4. The second-order valence-electron chi connectivity index (χ2n) is 3.67. The first-order valence-corrected chi connectivity index (χ1v) is 5.92. The van der Waals surface area contributed by atoms with Gasteiger partial charge in [-0.1, -0.05) is 0 Å². The van der Waals surface area contributed by atoms with Crippen LogP contribution < -0.4 is 5.32 Å². The van der Waals surface area contributed by atoms with Crippen molar-refractivity contribution in [1.29, 1.82) is 0 Å². The maximum atomic E-state index is 13.4. The lowest BCUT2D eigenvalue weighted by Crippen LogP contribution is -1.96. The summed E-state index contributed by atoms with van der Waals surface area (Å²) in [7, 11) is 0. The van der Waals surface area contributed by atoms with Gasteiger partial charge in [-0.15, -0.1) is 0 Å². The summed E-state index contributed by atoms with van der Waals surface area (Å²) in [5.41, 5.74) is 0.434. The fourth-order valence-corrected chi connectivity index (χ4v) is 1.92. The van der Waals surface area contributed by atoms with E-state index in [4.69, 9.17) is 0 Å². The van der Waals surface area contributed by atoms with Gasteiger partial charge >= 0.3 is 0 Å². The lowest BCUT2D eigenvalue weighted by atomic mass is 10.2. The monoisotopic (exact) mass is 328 g/mol. The van der Waals surface area contributed by atoms with E-state index in [1.807, 2.05) is 0 Å². The molecule has 0 bridgehead atoms. The van der Waals surface area contributed by atoms with Crippen molar-refractivity contribution in [2.24, 2.45) is 0 Å². The fourth-order valence-electron chi connectivity index (χ4n) is 1.45. The molecule has 7 heteroatoms. The molecule has 0 atom stereocenters. The van der Waals surface area contributed by atoms with Gasteiger partial charge in [0.25, 0.3) is 5.69 Å². The Hall–Kier alpha value is -2.02.